The number of hydrogen-bond acceptors (Lipinski definition) is 3. The molecule has 0 saturated carbocycles. The maximum Gasteiger partial charge on any atom is 0.230 e. The van der Waals surface area contributed by atoms with Gasteiger partial charge in [0.1, 0.15) is 11.6 Å². The van der Waals surface area contributed by atoms with Crippen LogP contribution in [0.5, 0.6) is 0 Å². The van der Waals surface area contributed by atoms with Gasteiger partial charge in [0, 0.05) is 17.5 Å². The number of halogens is 2. The summed E-state index contributed by atoms with van der Waals surface area (Å²) < 4.78 is 25.9. The monoisotopic (exact) mass is 275 g/mol. The largest absolute Gasteiger partial charge is 0.391 e. The predicted molar refractivity (Wildman–Crippen MR) is 66.4 cm³/mol. The first-order chi connectivity index (χ1) is 8.52. The first-order valence-electron chi connectivity index (χ1n) is 5.55. The van der Waals surface area contributed by atoms with Gasteiger partial charge in [-0.15, -0.1) is 11.8 Å². The standard InChI is InChI=1S/C12H15F2NO2S/c1-2-9(16)6-15-12(17)7-18-11-4-3-8(13)5-10(11)14/h3-5,9,16H,2,6-7H2,1H3,(H,15,17). The number of hydrogen-bond donors (Lipinski definition) is 2. The molecule has 1 aromatic rings. The van der Waals surface area contributed by atoms with Gasteiger partial charge in [0.25, 0.3) is 0 Å². The summed E-state index contributed by atoms with van der Waals surface area (Å²) in [5.41, 5.74) is 0. The van der Waals surface area contributed by atoms with Crippen LogP contribution in [0.3, 0.4) is 0 Å². The molecule has 3 nitrogen and oxygen atoms in total. The highest BCUT2D eigenvalue weighted by molar-refractivity contribution is 8.00. The van der Waals surface area contributed by atoms with Crippen molar-refractivity contribution in [3.63, 3.8) is 0 Å². The van der Waals surface area contributed by atoms with Crippen LogP contribution in [0.25, 0.3) is 0 Å². The molecule has 0 spiro atoms. The summed E-state index contributed by atoms with van der Waals surface area (Å²) in [6.45, 7) is 1.99. The smallest absolute Gasteiger partial charge is 0.230 e. The molecule has 0 aliphatic heterocycles. The second-order valence-corrected chi connectivity index (χ2v) is 4.75. The molecule has 0 aliphatic rings. The molecule has 0 bridgehead atoms. The van der Waals surface area contributed by atoms with E-state index in [9.17, 15) is 18.7 Å². The van der Waals surface area contributed by atoms with E-state index >= 15 is 0 Å². The number of nitrogens with one attached hydrogen (secondary N) is 1. The van der Waals surface area contributed by atoms with Crippen molar-refractivity contribution in [1.82, 2.24) is 5.32 Å². The van der Waals surface area contributed by atoms with Crippen LogP contribution in [-0.2, 0) is 4.79 Å². The second kappa shape index (κ2) is 7.33. The summed E-state index contributed by atoms with van der Waals surface area (Å²) in [5, 5.41) is 11.8. The number of rotatable bonds is 6. The third-order valence-corrected chi connectivity index (χ3v) is 3.31. The van der Waals surface area contributed by atoms with Crippen molar-refractivity contribution in [3.8, 4) is 0 Å². The van der Waals surface area contributed by atoms with E-state index in [2.05, 4.69) is 5.32 Å². The highest BCUT2D eigenvalue weighted by Crippen LogP contribution is 2.21. The number of aliphatic hydroxyl groups excluding tert-OH is 1. The normalized spacial score (nSPS) is 12.2. The summed E-state index contributed by atoms with van der Waals surface area (Å²) in [5.74, 6) is -1.59. The van der Waals surface area contributed by atoms with Gasteiger partial charge in [0.15, 0.2) is 0 Å². The summed E-state index contributed by atoms with van der Waals surface area (Å²) in [4.78, 5) is 11.6. The van der Waals surface area contributed by atoms with E-state index in [1.54, 1.807) is 6.92 Å². The summed E-state index contributed by atoms with van der Waals surface area (Å²) in [6.07, 6.45) is -0.0125. The highest BCUT2D eigenvalue weighted by Gasteiger charge is 2.09. The van der Waals surface area contributed by atoms with Crippen molar-refractivity contribution in [2.75, 3.05) is 12.3 Å². The van der Waals surface area contributed by atoms with E-state index in [1.807, 2.05) is 0 Å². The van der Waals surface area contributed by atoms with Crippen LogP contribution < -0.4 is 5.32 Å². The van der Waals surface area contributed by atoms with Crippen LogP contribution in [0.2, 0.25) is 0 Å². The van der Waals surface area contributed by atoms with Crippen LogP contribution in [-0.4, -0.2) is 29.4 Å². The van der Waals surface area contributed by atoms with Crippen molar-refractivity contribution >= 4 is 17.7 Å². The molecule has 0 heterocycles. The predicted octanol–water partition coefficient (Wildman–Crippen LogP) is 1.94. The van der Waals surface area contributed by atoms with Gasteiger partial charge >= 0.3 is 0 Å². The highest BCUT2D eigenvalue weighted by atomic mass is 32.2. The quantitative estimate of drug-likeness (QED) is 0.780. The van der Waals surface area contributed by atoms with E-state index in [4.69, 9.17) is 0 Å². The lowest BCUT2D eigenvalue weighted by molar-refractivity contribution is -0.119. The Morgan fingerprint density at radius 1 is 1.50 bits per heavy atom. The minimum absolute atomic E-state index is 0.0268. The summed E-state index contributed by atoms with van der Waals surface area (Å²) in [7, 11) is 0. The molecule has 0 radical (unpaired) electrons. The molecule has 1 unspecified atom stereocenters. The molecule has 6 heteroatoms. The zero-order chi connectivity index (χ0) is 13.5. The Hall–Kier alpha value is -1.14. The Bertz CT molecular complexity index is 415. The van der Waals surface area contributed by atoms with Gasteiger partial charge in [0.05, 0.1) is 11.9 Å². The van der Waals surface area contributed by atoms with Crippen molar-refractivity contribution in [1.29, 1.82) is 0 Å². The van der Waals surface area contributed by atoms with Crippen LogP contribution in [0.1, 0.15) is 13.3 Å². The van der Waals surface area contributed by atoms with Crippen molar-refractivity contribution in [2.24, 2.45) is 0 Å². The molecule has 18 heavy (non-hydrogen) atoms. The van der Waals surface area contributed by atoms with Crippen LogP contribution in [0.4, 0.5) is 8.78 Å². The van der Waals surface area contributed by atoms with Gasteiger partial charge < -0.3 is 10.4 Å². The zero-order valence-electron chi connectivity index (χ0n) is 9.95. The maximum atomic E-state index is 13.2. The SMILES string of the molecule is CCC(O)CNC(=O)CSc1ccc(F)cc1F. The van der Waals surface area contributed by atoms with E-state index in [0.29, 0.717) is 6.42 Å². The van der Waals surface area contributed by atoms with Crippen LogP contribution >= 0.6 is 11.8 Å². The van der Waals surface area contributed by atoms with Crippen LogP contribution in [0, 0.1) is 11.6 Å². The molecular weight excluding hydrogens is 260 g/mol. The topological polar surface area (TPSA) is 49.3 Å². The van der Waals surface area contributed by atoms with E-state index in [0.717, 1.165) is 23.9 Å². The number of amides is 1. The van der Waals surface area contributed by atoms with E-state index in [-0.39, 0.29) is 23.1 Å². The third-order valence-electron chi connectivity index (χ3n) is 2.26. The molecule has 1 aromatic carbocycles. The molecule has 1 rings (SSSR count). The number of aliphatic hydroxyl groups is 1. The zero-order valence-corrected chi connectivity index (χ0v) is 10.8. The Morgan fingerprint density at radius 3 is 2.83 bits per heavy atom. The van der Waals surface area contributed by atoms with Gasteiger partial charge in [-0.3, -0.25) is 4.79 Å². The number of benzene rings is 1. The number of carbonyl (C=O) groups excluding carboxylic acids is 1. The van der Waals surface area contributed by atoms with Gasteiger partial charge in [-0.1, -0.05) is 6.92 Å². The lowest BCUT2D eigenvalue weighted by atomic mass is 10.3. The van der Waals surface area contributed by atoms with Gasteiger partial charge in [0.2, 0.25) is 5.91 Å². The maximum absolute atomic E-state index is 13.2. The summed E-state index contributed by atoms with van der Waals surface area (Å²) >= 11 is 0.988. The minimum Gasteiger partial charge on any atom is -0.391 e. The Morgan fingerprint density at radius 2 is 2.22 bits per heavy atom. The average molecular weight is 275 g/mol. The Balaban J connectivity index is 2.38. The first-order valence-corrected chi connectivity index (χ1v) is 6.54. The fourth-order valence-electron chi connectivity index (χ4n) is 1.16. The first kappa shape index (κ1) is 14.9. The Kier molecular flexibility index (Phi) is 6.07. The van der Waals surface area contributed by atoms with Crippen molar-refractivity contribution in [3.05, 3.63) is 29.8 Å². The number of thioether (sulfide) groups is 1. The fourth-order valence-corrected chi connectivity index (χ4v) is 1.91. The average Bonchev–Trinajstić information content (AvgIpc) is 2.34. The lowest BCUT2D eigenvalue weighted by Crippen LogP contribution is -2.32. The third kappa shape index (κ3) is 5.01. The van der Waals surface area contributed by atoms with Gasteiger partial charge in [-0.2, -0.15) is 0 Å². The summed E-state index contributed by atoms with van der Waals surface area (Å²) in [6, 6.07) is 3.22. The minimum atomic E-state index is -0.679. The second-order valence-electron chi connectivity index (χ2n) is 3.73. The molecular formula is C12H15F2NO2S. The van der Waals surface area contributed by atoms with Gasteiger partial charge in [-0.25, -0.2) is 8.78 Å². The molecule has 2 N–H and O–H groups in total. The molecule has 1 amide bonds. The molecule has 0 aliphatic carbocycles. The molecule has 0 saturated heterocycles. The van der Waals surface area contributed by atoms with Crippen LogP contribution in [0.15, 0.2) is 23.1 Å². The van der Waals surface area contributed by atoms with Crippen molar-refractivity contribution < 1.29 is 18.7 Å². The van der Waals surface area contributed by atoms with E-state index < -0.39 is 17.7 Å². The molecule has 100 valence electrons. The molecule has 0 fully saturated rings. The Labute approximate surface area is 109 Å². The fraction of sp³-hybridized carbons (Fsp3) is 0.417. The lowest BCUT2D eigenvalue weighted by Gasteiger charge is -2.09. The van der Waals surface area contributed by atoms with Crippen molar-refractivity contribution in [2.45, 2.75) is 24.3 Å². The number of carbonyl (C=O) groups is 1. The molecule has 0 aromatic heterocycles. The molecule has 1 atom stereocenters. The van der Waals surface area contributed by atoms with E-state index in [1.165, 1.54) is 6.07 Å². The van der Waals surface area contributed by atoms with Gasteiger partial charge in [-0.05, 0) is 18.6 Å².